The first-order valence-electron chi connectivity index (χ1n) is 2.07. The fourth-order valence-corrected chi connectivity index (χ4v) is 0.207. The topological polar surface area (TPSA) is 46.5 Å². The van der Waals surface area contributed by atoms with Crippen LogP contribution in [0.3, 0.4) is 0 Å². The van der Waals surface area contributed by atoms with Gasteiger partial charge in [-0.25, -0.2) is 4.79 Å². The van der Waals surface area contributed by atoms with Crippen LogP contribution in [0.2, 0.25) is 0 Å². The van der Waals surface area contributed by atoms with Crippen molar-refractivity contribution in [2.24, 2.45) is 0 Å². The molecule has 0 aromatic carbocycles. The fraction of sp³-hybridized carbons (Fsp3) is 0.750. The predicted molar refractivity (Wildman–Crippen MR) is 23.7 cm³/mol. The Morgan fingerprint density at radius 1 is 1.75 bits per heavy atom. The van der Waals surface area contributed by atoms with Gasteiger partial charge in [-0.05, 0) is 6.92 Å². The van der Waals surface area contributed by atoms with E-state index < -0.39 is 12.6 Å². The van der Waals surface area contributed by atoms with Crippen molar-refractivity contribution in [2.45, 2.75) is 6.92 Å². The molecule has 0 amide bonds. The molecule has 0 aliphatic heterocycles. The van der Waals surface area contributed by atoms with Crippen LogP contribution >= 0.6 is 0 Å². The van der Waals surface area contributed by atoms with Gasteiger partial charge in [0.1, 0.15) is 6.61 Å². The molecule has 0 fully saturated rings. The Morgan fingerprint density at radius 2 is 2.25 bits per heavy atom. The zero-order chi connectivity index (χ0) is 5.70. The normalized spacial score (nSPS) is 7.25. The molecule has 0 bridgehead atoms. The number of hydrogen-bond donors (Lipinski definition) is 1. The van der Waals surface area contributed by atoms with Crippen molar-refractivity contribution in [1.29, 1.82) is 0 Å². The van der Waals surface area contributed by atoms with E-state index >= 15 is 0 Å². The number of carbonyl (C=O) groups is 1. The largest absolute Gasteiger partial charge is 0.464 e. The van der Waals surface area contributed by atoms with Gasteiger partial charge < -0.3 is 9.84 Å². The third-order valence-corrected chi connectivity index (χ3v) is 0.434. The van der Waals surface area contributed by atoms with Gasteiger partial charge in [0.25, 0.3) is 0 Å². The minimum absolute atomic E-state index is 0. The Morgan fingerprint density at radius 3 is 2.38 bits per heavy atom. The molecule has 0 aromatic rings. The Balaban J connectivity index is 0. The van der Waals surface area contributed by atoms with Crippen LogP contribution in [-0.2, 0) is 42.2 Å². The third-order valence-electron chi connectivity index (χ3n) is 0.434. The van der Waals surface area contributed by atoms with E-state index in [1.165, 1.54) is 0 Å². The molecule has 0 spiro atoms. The Kier molecular flexibility index (Phi) is 10.7. The summed E-state index contributed by atoms with van der Waals surface area (Å²) in [6.45, 7) is 1.50. The number of ether oxygens (including phenoxy) is 1. The molecular formula is C4H8O3Y. The van der Waals surface area contributed by atoms with E-state index in [4.69, 9.17) is 5.11 Å². The smallest absolute Gasteiger partial charge is 0.331 e. The molecule has 3 nitrogen and oxygen atoms in total. The molecular weight excluding hydrogens is 185 g/mol. The first-order chi connectivity index (χ1) is 3.31. The van der Waals surface area contributed by atoms with E-state index in [0.29, 0.717) is 6.61 Å². The first kappa shape index (κ1) is 11.3. The van der Waals surface area contributed by atoms with Gasteiger partial charge in [0.15, 0.2) is 0 Å². The fourth-order valence-electron chi connectivity index (χ4n) is 0.207. The van der Waals surface area contributed by atoms with Crippen molar-refractivity contribution in [2.75, 3.05) is 13.2 Å². The maximum atomic E-state index is 9.94. The molecule has 8 heavy (non-hydrogen) atoms. The standard InChI is InChI=1S/C4H8O3.Y/c1-2-7-4(6)3-5;/h5H,2-3H2,1H3;. The van der Waals surface area contributed by atoms with Crippen LogP contribution in [0.25, 0.3) is 0 Å². The number of aliphatic hydroxyl groups excluding tert-OH is 1. The van der Waals surface area contributed by atoms with Crippen LogP contribution in [0.4, 0.5) is 0 Å². The quantitative estimate of drug-likeness (QED) is 0.603. The summed E-state index contributed by atoms with van der Waals surface area (Å²) in [5, 5.41) is 7.99. The van der Waals surface area contributed by atoms with Gasteiger partial charge in [0, 0.05) is 32.7 Å². The van der Waals surface area contributed by atoms with Gasteiger partial charge in [-0.2, -0.15) is 0 Å². The number of aliphatic hydroxyl groups is 1. The van der Waals surface area contributed by atoms with E-state index in [2.05, 4.69) is 4.74 Å². The van der Waals surface area contributed by atoms with E-state index in [1.807, 2.05) is 0 Å². The van der Waals surface area contributed by atoms with Gasteiger partial charge in [-0.15, -0.1) is 0 Å². The van der Waals surface area contributed by atoms with E-state index in [0.717, 1.165) is 0 Å². The number of rotatable bonds is 2. The van der Waals surface area contributed by atoms with E-state index in [9.17, 15) is 4.79 Å². The molecule has 0 aliphatic rings. The van der Waals surface area contributed by atoms with Crippen molar-refractivity contribution in [3.05, 3.63) is 0 Å². The second-order valence-electron chi connectivity index (χ2n) is 0.963. The van der Waals surface area contributed by atoms with Crippen molar-refractivity contribution >= 4 is 5.97 Å². The molecule has 45 valence electrons. The maximum Gasteiger partial charge on any atom is 0.331 e. The monoisotopic (exact) mass is 193 g/mol. The molecule has 0 aromatic heterocycles. The van der Waals surface area contributed by atoms with Crippen LogP contribution in [0.5, 0.6) is 0 Å². The minimum atomic E-state index is -0.567. The molecule has 0 saturated carbocycles. The minimum Gasteiger partial charge on any atom is -0.464 e. The van der Waals surface area contributed by atoms with Crippen LogP contribution in [0.15, 0.2) is 0 Å². The molecule has 4 heteroatoms. The van der Waals surface area contributed by atoms with Gasteiger partial charge in [0.05, 0.1) is 6.61 Å². The Labute approximate surface area is 73.3 Å². The SMILES string of the molecule is CCOC(=O)CO.[Y]. The second-order valence-corrected chi connectivity index (χ2v) is 0.963. The number of carbonyl (C=O) groups excluding carboxylic acids is 1. The van der Waals surface area contributed by atoms with Gasteiger partial charge in [-0.1, -0.05) is 0 Å². The summed E-state index contributed by atoms with van der Waals surface area (Å²) in [4.78, 5) is 9.94. The summed E-state index contributed by atoms with van der Waals surface area (Å²) < 4.78 is 4.30. The predicted octanol–water partition coefficient (Wildman–Crippen LogP) is -0.461. The molecule has 1 radical (unpaired) electrons. The summed E-state index contributed by atoms with van der Waals surface area (Å²) in [7, 11) is 0. The average molecular weight is 193 g/mol. The van der Waals surface area contributed by atoms with Crippen LogP contribution in [0, 0.1) is 0 Å². The van der Waals surface area contributed by atoms with Crippen molar-refractivity contribution in [3.8, 4) is 0 Å². The van der Waals surface area contributed by atoms with E-state index in [-0.39, 0.29) is 32.7 Å². The molecule has 0 aliphatic carbocycles. The van der Waals surface area contributed by atoms with E-state index in [1.54, 1.807) is 6.92 Å². The molecule has 0 heterocycles. The first-order valence-corrected chi connectivity index (χ1v) is 2.07. The maximum absolute atomic E-state index is 9.94. The number of hydrogen-bond acceptors (Lipinski definition) is 3. The molecule has 0 atom stereocenters. The Bertz CT molecular complexity index is 64.3. The zero-order valence-corrected chi connectivity index (χ0v) is 7.59. The van der Waals surface area contributed by atoms with Crippen molar-refractivity contribution < 1.29 is 47.3 Å². The summed E-state index contributed by atoms with van der Waals surface area (Å²) in [5.41, 5.74) is 0. The van der Waals surface area contributed by atoms with Gasteiger partial charge >= 0.3 is 5.97 Å². The molecule has 0 rings (SSSR count). The number of esters is 1. The van der Waals surface area contributed by atoms with Gasteiger partial charge in [0.2, 0.25) is 0 Å². The second kappa shape index (κ2) is 7.53. The van der Waals surface area contributed by atoms with Crippen molar-refractivity contribution in [3.63, 3.8) is 0 Å². The van der Waals surface area contributed by atoms with Crippen LogP contribution < -0.4 is 0 Å². The zero-order valence-electron chi connectivity index (χ0n) is 4.76. The molecule has 0 unspecified atom stereocenters. The van der Waals surface area contributed by atoms with Crippen LogP contribution in [-0.4, -0.2) is 24.3 Å². The Hall–Kier alpha value is 0.534. The molecule has 1 N–H and O–H groups in total. The summed E-state index contributed by atoms with van der Waals surface area (Å²) in [6.07, 6.45) is 0. The van der Waals surface area contributed by atoms with Crippen molar-refractivity contribution in [1.82, 2.24) is 0 Å². The third kappa shape index (κ3) is 6.53. The summed E-state index contributed by atoms with van der Waals surface area (Å²) in [6, 6.07) is 0. The summed E-state index contributed by atoms with van der Waals surface area (Å²) >= 11 is 0. The molecule has 0 saturated heterocycles. The average Bonchev–Trinajstić information content (AvgIpc) is 1.68. The van der Waals surface area contributed by atoms with Crippen LogP contribution in [0.1, 0.15) is 6.92 Å². The van der Waals surface area contributed by atoms with Gasteiger partial charge in [-0.3, -0.25) is 0 Å². The summed E-state index contributed by atoms with van der Waals surface area (Å²) in [5.74, 6) is -0.567.